The highest BCUT2D eigenvalue weighted by atomic mass is 16.7. The Hall–Kier alpha value is -2.23. The molecule has 3 rings (SSSR count). The Labute approximate surface area is 136 Å². The van der Waals surface area contributed by atoms with Gasteiger partial charge in [0.25, 0.3) is 0 Å². The van der Waals surface area contributed by atoms with Crippen LogP contribution in [0.1, 0.15) is 36.1 Å². The van der Waals surface area contributed by atoms with Gasteiger partial charge in [0.05, 0.1) is 12.5 Å². The van der Waals surface area contributed by atoms with Gasteiger partial charge in [0.2, 0.25) is 11.2 Å². The molecule has 0 saturated heterocycles. The molecule has 0 radical (unpaired) electrons. The van der Waals surface area contributed by atoms with E-state index in [2.05, 4.69) is 0 Å². The summed E-state index contributed by atoms with van der Waals surface area (Å²) in [6.07, 6.45) is 0. The van der Waals surface area contributed by atoms with Gasteiger partial charge >= 0.3 is 0 Å². The first-order valence-corrected chi connectivity index (χ1v) is 7.71. The quantitative estimate of drug-likeness (QED) is 0.799. The summed E-state index contributed by atoms with van der Waals surface area (Å²) in [6.45, 7) is 11.6. The molecule has 23 heavy (non-hydrogen) atoms. The van der Waals surface area contributed by atoms with Crippen molar-refractivity contribution in [3.8, 4) is 17.2 Å². The van der Waals surface area contributed by atoms with E-state index in [-0.39, 0.29) is 5.43 Å². The number of benzene rings is 1. The van der Waals surface area contributed by atoms with Gasteiger partial charge in [-0.15, -0.1) is 0 Å². The Bertz CT molecular complexity index is 895. The maximum Gasteiger partial charge on any atom is 0.246 e. The molecule has 1 heterocycles. The smallest absolute Gasteiger partial charge is 0.246 e. The van der Waals surface area contributed by atoms with Crippen molar-refractivity contribution < 1.29 is 14.2 Å². The summed E-state index contributed by atoms with van der Waals surface area (Å²) in [5, 5.41) is 1.41. The molecular weight excluding hydrogens is 292 g/mol. The number of fused-ring (bicyclic) bond motifs is 3. The summed E-state index contributed by atoms with van der Waals surface area (Å²) >= 11 is 0. The molecule has 0 atom stereocenters. The summed E-state index contributed by atoms with van der Waals surface area (Å²) < 4.78 is 17.3. The lowest BCUT2D eigenvalue weighted by molar-refractivity contribution is -0.0428. The van der Waals surface area contributed by atoms with Gasteiger partial charge in [-0.2, -0.15) is 0 Å². The standard InChI is InChI=1S/C19H22O4/c1-9-8-13-11(3)12(4)17-18(23-19(5,6)22-17)14(13)15(20)16(21-7)10(9)2/h8H,1-7H3. The first-order valence-electron chi connectivity index (χ1n) is 7.71. The summed E-state index contributed by atoms with van der Waals surface area (Å²) in [4.78, 5) is 13.1. The Morgan fingerprint density at radius 1 is 0.957 bits per heavy atom. The minimum Gasteiger partial charge on any atom is -0.492 e. The van der Waals surface area contributed by atoms with Crippen LogP contribution in [0.5, 0.6) is 17.2 Å². The molecule has 0 aliphatic carbocycles. The van der Waals surface area contributed by atoms with E-state index in [1.54, 1.807) is 0 Å². The van der Waals surface area contributed by atoms with Gasteiger partial charge < -0.3 is 14.2 Å². The zero-order valence-corrected chi connectivity index (χ0v) is 14.7. The Balaban J connectivity index is 2.62. The van der Waals surface area contributed by atoms with Crippen molar-refractivity contribution in [3.63, 3.8) is 0 Å². The van der Waals surface area contributed by atoms with Crippen LogP contribution in [0.4, 0.5) is 0 Å². The molecule has 2 aromatic rings. The first kappa shape index (κ1) is 15.7. The first-order chi connectivity index (χ1) is 10.7. The van der Waals surface area contributed by atoms with Gasteiger partial charge in [-0.25, -0.2) is 0 Å². The van der Waals surface area contributed by atoms with Crippen molar-refractivity contribution in [2.45, 2.75) is 47.3 Å². The molecule has 2 aromatic carbocycles. The van der Waals surface area contributed by atoms with E-state index in [1.807, 2.05) is 47.6 Å². The lowest BCUT2D eigenvalue weighted by atomic mass is 10.00. The van der Waals surface area contributed by atoms with Crippen molar-refractivity contribution in [1.29, 1.82) is 0 Å². The molecule has 1 aliphatic rings. The molecule has 0 fully saturated rings. The van der Waals surface area contributed by atoms with Crippen LogP contribution in [0.2, 0.25) is 0 Å². The van der Waals surface area contributed by atoms with Crippen LogP contribution in [0.15, 0.2) is 10.9 Å². The van der Waals surface area contributed by atoms with E-state index in [4.69, 9.17) is 14.2 Å². The van der Waals surface area contributed by atoms with E-state index in [9.17, 15) is 4.79 Å². The van der Waals surface area contributed by atoms with Crippen molar-refractivity contribution in [1.82, 2.24) is 0 Å². The van der Waals surface area contributed by atoms with E-state index in [0.717, 1.165) is 27.6 Å². The average molecular weight is 314 g/mol. The Morgan fingerprint density at radius 2 is 1.57 bits per heavy atom. The highest BCUT2D eigenvalue weighted by molar-refractivity contribution is 5.96. The van der Waals surface area contributed by atoms with Crippen LogP contribution in [0, 0.1) is 27.7 Å². The number of methoxy groups -OCH3 is 1. The summed E-state index contributed by atoms with van der Waals surface area (Å²) in [5.41, 5.74) is 3.72. The van der Waals surface area contributed by atoms with E-state index >= 15 is 0 Å². The molecule has 4 nitrogen and oxygen atoms in total. The number of ether oxygens (including phenoxy) is 3. The van der Waals surface area contributed by atoms with Crippen molar-refractivity contribution in [3.05, 3.63) is 38.5 Å². The van der Waals surface area contributed by atoms with Crippen molar-refractivity contribution >= 4 is 10.8 Å². The van der Waals surface area contributed by atoms with E-state index in [1.165, 1.54) is 7.11 Å². The zero-order chi connectivity index (χ0) is 17.1. The Morgan fingerprint density at radius 3 is 2.17 bits per heavy atom. The van der Waals surface area contributed by atoms with Crippen molar-refractivity contribution in [2.75, 3.05) is 7.11 Å². The maximum absolute atomic E-state index is 13.1. The van der Waals surface area contributed by atoms with E-state index < -0.39 is 5.79 Å². The molecule has 0 unspecified atom stereocenters. The minimum atomic E-state index is -0.786. The summed E-state index contributed by atoms with van der Waals surface area (Å²) in [6, 6.07) is 2.03. The molecule has 1 aliphatic heterocycles. The average Bonchev–Trinajstić information content (AvgIpc) is 2.75. The van der Waals surface area contributed by atoms with Crippen LogP contribution >= 0.6 is 0 Å². The predicted molar refractivity (Wildman–Crippen MR) is 91.1 cm³/mol. The normalized spacial score (nSPS) is 15.1. The third kappa shape index (κ3) is 2.16. The zero-order valence-electron chi connectivity index (χ0n) is 14.7. The third-order valence-corrected chi connectivity index (χ3v) is 4.64. The minimum absolute atomic E-state index is 0.159. The number of hydrogen-bond acceptors (Lipinski definition) is 4. The van der Waals surface area contributed by atoms with Gasteiger partial charge in [0.15, 0.2) is 17.2 Å². The highest BCUT2D eigenvalue weighted by Crippen LogP contribution is 2.47. The number of aryl methyl sites for hydroxylation is 2. The fourth-order valence-corrected chi connectivity index (χ4v) is 3.14. The fraction of sp³-hybridized carbons (Fsp3) is 0.421. The molecule has 122 valence electrons. The predicted octanol–water partition coefficient (Wildman–Crippen LogP) is 3.95. The second-order valence-electron chi connectivity index (χ2n) is 6.62. The molecular formula is C19H22O4. The lowest BCUT2D eigenvalue weighted by Gasteiger charge is -2.16. The van der Waals surface area contributed by atoms with Gasteiger partial charge in [-0.3, -0.25) is 4.79 Å². The van der Waals surface area contributed by atoms with Crippen LogP contribution in [-0.4, -0.2) is 12.9 Å². The molecule has 0 saturated carbocycles. The second kappa shape index (κ2) is 4.88. The van der Waals surface area contributed by atoms with Crippen molar-refractivity contribution in [2.24, 2.45) is 0 Å². The van der Waals surface area contributed by atoms with Crippen LogP contribution in [-0.2, 0) is 0 Å². The molecule has 0 aromatic heterocycles. The topological polar surface area (TPSA) is 44.8 Å². The van der Waals surface area contributed by atoms with Gasteiger partial charge in [0.1, 0.15) is 0 Å². The monoisotopic (exact) mass is 314 g/mol. The van der Waals surface area contributed by atoms with Gasteiger partial charge in [0, 0.05) is 13.8 Å². The SMILES string of the molecule is COc1c(C)c(C)cc2c(C)c(C)c3c(c2c1=O)OC(C)(C)O3. The fourth-order valence-electron chi connectivity index (χ4n) is 3.14. The maximum atomic E-state index is 13.1. The number of rotatable bonds is 1. The largest absolute Gasteiger partial charge is 0.492 e. The molecule has 0 amide bonds. The van der Waals surface area contributed by atoms with Crippen LogP contribution in [0.25, 0.3) is 10.8 Å². The summed E-state index contributed by atoms with van der Waals surface area (Å²) in [5.74, 6) is 0.745. The Kier molecular flexibility index (Phi) is 3.32. The van der Waals surface area contributed by atoms with Crippen LogP contribution in [0.3, 0.4) is 0 Å². The second-order valence-corrected chi connectivity index (χ2v) is 6.62. The molecule has 0 bridgehead atoms. The highest BCUT2D eigenvalue weighted by Gasteiger charge is 2.36. The lowest BCUT2D eigenvalue weighted by Crippen LogP contribution is -2.30. The molecule has 0 spiro atoms. The van der Waals surface area contributed by atoms with E-state index in [0.29, 0.717) is 22.6 Å². The third-order valence-electron chi connectivity index (χ3n) is 4.64. The van der Waals surface area contributed by atoms with Gasteiger partial charge in [-0.1, -0.05) is 6.07 Å². The van der Waals surface area contributed by atoms with Crippen LogP contribution < -0.4 is 19.6 Å². The summed E-state index contributed by atoms with van der Waals surface area (Å²) in [7, 11) is 1.53. The number of hydrogen-bond donors (Lipinski definition) is 0. The molecule has 4 heteroatoms. The van der Waals surface area contributed by atoms with Gasteiger partial charge in [-0.05, 0) is 55.3 Å². The molecule has 0 N–H and O–H groups in total.